The third-order valence-electron chi connectivity index (χ3n) is 8.59. The maximum Gasteiger partial charge on any atom is 0.338 e. The molecule has 10 heteroatoms. The number of fused-ring (bicyclic) bond motifs is 3. The molecule has 0 amide bonds. The zero-order chi connectivity index (χ0) is 30.5. The van der Waals surface area contributed by atoms with Crippen LogP contribution in [0.1, 0.15) is 38.8 Å². The van der Waals surface area contributed by atoms with Crippen molar-refractivity contribution in [1.29, 1.82) is 0 Å². The first kappa shape index (κ1) is 27.2. The molecule has 10 nitrogen and oxygen atoms in total. The highest BCUT2D eigenvalue weighted by molar-refractivity contribution is 6.28. The van der Waals surface area contributed by atoms with Crippen LogP contribution in [0.5, 0.6) is 11.5 Å². The number of anilines is 3. The van der Waals surface area contributed by atoms with E-state index in [9.17, 15) is 9.59 Å². The summed E-state index contributed by atoms with van der Waals surface area (Å²) in [5.41, 5.74) is 6.27. The largest absolute Gasteiger partial charge is 0.462 e. The lowest BCUT2D eigenvalue weighted by Crippen LogP contribution is -2.46. The summed E-state index contributed by atoms with van der Waals surface area (Å²) in [7, 11) is 0. The lowest BCUT2D eigenvalue weighted by atomic mass is 9.86. The number of ketones is 1. The molecule has 0 unspecified atom stereocenters. The minimum Gasteiger partial charge on any atom is -0.462 e. The summed E-state index contributed by atoms with van der Waals surface area (Å²) in [6.07, 6.45) is 0. The Hall–Kier alpha value is -5.35. The summed E-state index contributed by atoms with van der Waals surface area (Å²) in [6.45, 7) is 6.35. The minimum atomic E-state index is -0.399. The number of hydrogen-bond acceptors (Lipinski definition) is 10. The van der Waals surface area contributed by atoms with Crippen molar-refractivity contribution >= 4 is 39.7 Å². The first-order valence-electron chi connectivity index (χ1n) is 15.1. The van der Waals surface area contributed by atoms with Gasteiger partial charge in [0, 0.05) is 49.5 Å². The standard InChI is InChI=1S/C35H30N4O6/c1-2-42-35(41)22-6-5-7-23(17-22)36-26-18-27(32-31-30(26)33(40)24-8-3-4-9-25(24)34(31)45-37-32)39-14-12-38(13-15-39)19-21-10-11-28-29(16-21)44-20-43-28/h3-11,16-18,36H,2,12-15,19-20H2,1H3. The van der Waals surface area contributed by atoms with E-state index in [4.69, 9.17) is 18.7 Å². The molecule has 1 aromatic heterocycles. The van der Waals surface area contributed by atoms with Crippen molar-refractivity contribution in [2.75, 3.05) is 49.8 Å². The molecule has 0 saturated carbocycles. The minimum absolute atomic E-state index is 0.101. The highest BCUT2D eigenvalue weighted by Gasteiger charge is 2.34. The number of carbonyl (C=O) groups is 2. The predicted octanol–water partition coefficient (Wildman–Crippen LogP) is 6.01. The van der Waals surface area contributed by atoms with E-state index in [1.165, 1.54) is 5.56 Å². The number of aromatic nitrogens is 1. The van der Waals surface area contributed by atoms with Crippen LogP contribution in [0.25, 0.3) is 22.2 Å². The Bertz CT molecular complexity index is 1980. The Morgan fingerprint density at radius 2 is 1.76 bits per heavy atom. The van der Waals surface area contributed by atoms with Crippen LogP contribution >= 0.6 is 0 Å². The molecule has 0 atom stereocenters. The third kappa shape index (κ3) is 4.74. The zero-order valence-electron chi connectivity index (χ0n) is 24.7. The lowest BCUT2D eigenvalue weighted by molar-refractivity contribution is 0.0526. The van der Waals surface area contributed by atoms with Crippen molar-refractivity contribution in [3.63, 3.8) is 0 Å². The predicted molar refractivity (Wildman–Crippen MR) is 169 cm³/mol. The topological polar surface area (TPSA) is 106 Å². The second kappa shape index (κ2) is 11.0. The van der Waals surface area contributed by atoms with Gasteiger partial charge in [-0.25, -0.2) is 4.79 Å². The van der Waals surface area contributed by atoms with Gasteiger partial charge in [-0.15, -0.1) is 0 Å². The van der Waals surface area contributed by atoms with Gasteiger partial charge < -0.3 is 29.0 Å². The van der Waals surface area contributed by atoms with Crippen LogP contribution in [0, 0.1) is 0 Å². The summed E-state index contributed by atoms with van der Waals surface area (Å²) in [6, 6.07) is 22.7. The molecule has 45 heavy (non-hydrogen) atoms. The fraction of sp³-hybridized carbons (Fsp3) is 0.229. The Kier molecular flexibility index (Phi) is 6.64. The first-order valence-corrected chi connectivity index (χ1v) is 15.1. The van der Waals surface area contributed by atoms with Crippen molar-refractivity contribution in [3.8, 4) is 22.8 Å². The Labute approximate surface area is 259 Å². The molecule has 1 saturated heterocycles. The van der Waals surface area contributed by atoms with E-state index in [2.05, 4.69) is 32.4 Å². The van der Waals surface area contributed by atoms with E-state index in [0.29, 0.717) is 44.7 Å². The number of nitrogens with zero attached hydrogens (tertiary/aromatic N) is 3. The average Bonchev–Trinajstić information content (AvgIpc) is 3.72. The van der Waals surface area contributed by atoms with Gasteiger partial charge in [-0.2, -0.15) is 0 Å². The number of hydrogen-bond donors (Lipinski definition) is 1. The van der Waals surface area contributed by atoms with E-state index in [0.717, 1.165) is 55.5 Å². The quantitative estimate of drug-likeness (QED) is 0.218. The van der Waals surface area contributed by atoms with E-state index in [1.807, 2.05) is 42.5 Å². The lowest BCUT2D eigenvalue weighted by Gasteiger charge is -2.36. The summed E-state index contributed by atoms with van der Waals surface area (Å²) < 4.78 is 22.2. The van der Waals surface area contributed by atoms with Gasteiger partial charge in [-0.1, -0.05) is 41.6 Å². The fourth-order valence-corrected chi connectivity index (χ4v) is 6.42. The molecule has 0 radical (unpaired) electrons. The Morgan fingerprint density at radius 3 is 2.60 bits per heavy atom. The van der Waals surface area contributed by atoms with Crippen LogP contribution < -0.4 is 19.7 Å². The monoisotopic (exact) mass is 602 g/mol. The second-order valence-electron chi connectivity index (χ2n) is 11.3. The van der Waals surface area contributed by atoms with Gasteiger partial charge in [0.1, 0.15) is 5.52 Å². The van der Waals surface area contributed by atoms with Crippen LogP contribution in [-0.4, -0.2) is 61.4 Å². The first-order chi connectivity index (χ1) is 22.1. The SMILES string of the molecule is CCOC(=O)c1cccc(Nc2cc(N3CCN(Cc4ccc5c(c4)OCO5)CC3)c3noc4c3c2C(=O)c2ccccc2-4)c1. The smallest absolute Gasteiger partial charge is 0.338 e. The third-order valence-corrected chi connectivity index (χ3v) is 8.59. The number of ether oxygens (including phenoxy) is 3. The van der Waals surface area contributed by atoms with Crippen molar-refractivity contribution < 1.29 is 28.3 Å². The van der Waals surface area contributed by atoms with Crippen molar-refractivity contribution in [2.24, 2.45) is 0 Å². The maximum absolute atomic E-state index is 14.0. The van der Waals surface area contributed by atoms with Crippen LogP contribution in [0.15, 0.2) is 77.3 Å². The van der Waals surface area contributed by atoms with Crippen molar-refractivity contribution in [3.05, 3.63) is 95.1 Å². The molecule has 3 heterocycles. The van der Waals surface area contributed by atoms with Gasteiger partial charge in [0.05, 0.1) is 34.5 Å². The molecule has 1 aliphatic carbocycles. The molecule has 8 rings (SSSR count). The fourth-order valence-electron chi connectivity index (χ4n) is 6.42. The van der Waals surface area contributed by atoms with E-state index in [-0.39, 0.29) is 19.2 Å². The number of benzene rings is 4. The molecule has 0 spiro atoms. The number of esters is 1. The van der Waals surface area contributed by atoms with Crippen molar-refractivity contribution in [1.82, 2.24) is 10.1 Å². The van der Waals surface area contributed by atoms with E-state index < -0.39 is 5.97 Å². The van der Waals surface area contributed by atoms with Crippen LogP contribution in [-0.2, 0) is 11.3 Å². The highest BCUT2D eigenvalue weighted by atomic mass is 16.7. The molecule has 4 aromatic carbocycles. The zero-order valence-corrected chi connectivity index (χ0v) is 24.7. The van der Waals surface area contributed by atoms with Crippen molar-refractivity contribution in [2.45, 2.75) is 13.5 Å². The molecule has 1 fully saturated rings. The van der Waals surface area contributed by atoms with Crippen LogP contribution in [0.4, 0.5) is 17.1 Å². The van der Waals surface area contributed by atoms with E-state index in [1.54, 1.807) is 25.1 Å². The molecule has 5 aromatic rings. The molecule has 2 aliphatic heterocycles. The van der Waals surface area contributed by atoms with Crippen LogP contribution in [0.2, 0.25) is 0 Å². The van der Waals surface area contributed by atoms with Gasteiger partial charge in [0.15, 0.2) is 23.0 Å². The number of piperazine rings is 1. The van der Waals surface area contributed by atoms with Gasteiger partial charge in [-0.3, -0.25) is 9.69 Å². The molecule has 226 valence electrons. The van der Waals surface area contributed by atoms with E-state index >= 15 is 0 Å². The Morgan fingerprint density at radius 1 is 0.933 bits per heavy atom. The van der Waals surface area contributed by atoms with Gasteiger partial charge in [0.25, 0.3) is 0 Å². The summed E-state index contributed by atoms with van der Waals surface area (Å²) in [5.74, 6) is 1.66. The molecule has 1 N–H and O–H groups in total. The molecule has 3 aliphatic rings. The van der Waals surface area contributed by atoms with Crippen LogP contribution in [0.3, 0.4) is 0 Å². The number of rotatable bonds is 7. The Balaban J connectivity index is 1.14. The normalized spacial score (nSPS) is 15.3. The number of nitrogens with one attached hydrogen (secondary N) is 1. The summed E-state index contributed by atoms with van der Waals surface area (Å²) in [4.78, 5) is 31.2. The summed E-state index contributed by atoms with van der Waals surface area (Å²) in [5, 5.41) is 8.67. The number of carbonyl (C=O) groups excluding carboxylic acids is 2. The van der Waals surface area contributed by atoms with Gasteiger partial charge in [0.2, 0.25) is 6.79 Å². The molecular weight excluding hydrogens is 572 g/mol. The maximum atomic E-state index is 14.0. The van der Waals surface area contributed by atoms with Gasteiger partial charge >= 0.3 is 5.97 Å². The molecular formula is C35H30N4O6. The van der Waals surface area contributed by atoms with Gasteiger partial charge in [-0.05, 0) is 48.9 Å². The summed E-state index contributed by atoms with van der Waals surface area (Å²) >= 11 is 0. The second-order valence-corrected chi connectivity index (χ2v) is 11.3. The molecule has 0 bridgehead atoms. The average molecular weight is 603 g/mol. The highest BCUT2D eigenvalue weighted by Crippen LogP contribution is 2.46.